The predicted molar refractivity (Wildman–Crippen MR) is 122 cm³/mol. The standard InChI is InChI=1S/C25H33FN2O3/c1-18-17-24(19(2)20(3)25(18)31-21(4)29)30-16-6-5-11-27-12-14-28(15-13-27)23-9-7-22(26)8-10-23/h7-10,17H,5-6,11-16H2,1-4H3. The molecular weight excluding hydrogens is 395 g/mol. The molecule has 0 radical (unpaired) electrons. The zero-order valence-electron chi connectivity index (χ0n) is 19.0. The van der Waals surface area contributed by atoms with Gasteiger partial charge in [-0.1, -0.05) is 0 Å². The van der Waals surface area contributed by atoms with Crippen LogP contribution in [-0.2, 0) is 4.79 Å². The SMILES string of the molecule is CC(=O)Oc1c(C)cc(OCCCCN2CCN(c3ccc(F)cc3)CC2)c(C)c1C. The third kappa shape index (κ3) is 6.20. The van der Waals surface area contributed by atoms with Gasteiger partial charge < -0.3 is 14.4 Å². The normalized spacial score (nSPS) is 14.5. The summed E-state index contributed by atoms with van der Waals surface area (Å²) in [5.41, 5.74) is 3.96. The lowest BCUT2D eigenvalue weighted by molar-refractivity contribution is -0.131. The van der Waals surface area contributed by atoms with Crippen molar-refractivity contribution in [2.24, 2.45) is 0 Å². The van der Waals surface area contributed by atoms with Gasteiger partial charge in [0.2, 0.25) is 0 Å². The van der Waals surface area contributed by atoms with Crippen LogP contribution in [0.1, 0.15) is 36.5 Å². The van der Waals surface area contributed by atoms with Crippen molar-refractivity contribution in [3.05, 3.63) is 52.8 Å². The van der Waals surface area contributed by atoms with E-state index < -0.39 is 0 Å². The molecule has 0 amide bonds. The highest BCUT2D eigenvalue weighted by Gasteiger charge is 2.17. The van der Waals surface area contributed by atoms with Gasteiger partial charge in [0.25, 0.3) is 0 Å². The number of rotatable bonds is 8. The highest BCUT2D eigenvalue weighted by Crippen LogP contribution is 2.33. The Morgan fingerprint density at radius 3 is 2.32 bits per heavy atom. The largest absolute Gasteiger partial charge is 0.493 e. The lowest BCUT2D eigenvalue weighted by Gasteiger charge is -2.36. The van der Waals surface area contributed by atoms with Gasteiger partial charge in [-0.15, -0.1) is 0 Å². The van der Waals surface area contributed by atoms with E-state index in [-0.39, 0.29) is 11.8 Å². The number of unbranched alkanes of at least 4 members (excludes halogenated alkanes) is 1. The van der Waals surface area contributed by atoms with E-state index in [2.05, 4.69) is 9.80 Å². The molecule has 1 aliphatic rings. The molecule has 2 aromatic rings. The average molecular weight is 429 g/mol. The Morgan fingerprint density at radius 1 is 1.00 bits per heavy atom. The molecule has 1 aliphatic heterocycles. The third-order valence-corrected chi connectivity index (χ3v) is 5.91. The van der Waals surface area contributed by atoms with Crippen molar-refractivity contribution in [1.82, 2.24) is 4.90 Å². The molecule has 168 valence electrons. The number of ether oxygens (including phenoxy) is 2. The van der Waals surface area contributed by atoms with E-state index in [0.717, 1.165) is 73.7 Å². The van der Waals surface area contributed by atoms with Crippen LogP contribution in [0.5, 0.6) is 11.5 Å². The molecule has 0 saturated carbocycles. The van der Waals surface area contributed by atoms with Gasteiger partial charge in [0.05, 0.1) is 6.61 Å². The number of anilines is 1. The number of hydrogen-bond acceptors (Lipinski definition) is 5. The number of aryl methyl sites for hydroxylation is 1. The van der Waals surface area contributed by atoms with Crippen LogP contribution >= 0.6 is 0 Å². The fourth-order valence-electron chi connectivity index (χ4n) is 3.97. The van der Waals surface area contributed by atoms with Crippen molar-refractivity contribution in [3.8, 4) is 11.5 Å². The molecule has 1 saturated heterocycles. The van der Waals surface area contributed by atoms with Crippen LogP contribution in [-0.4, -0.2) is 50.2 Å². The van der Waals surface area contributed by atoms with E-state index in [1.165, 1.54) is 19.1 Å². The molecule has 5 nitrogen and oxygen atoms in total. The molecule has 0 bridgehead atoms. The van der Waals surface area contributed by atoms with Gasteiger partial charge in [-0.05, 0) is 87.2 Å². The van der Waals surface area contributed by atoms with Gasteiger partial charge in [0.15, 0.2) is 0 Å². The topological polar surface area (TPSA) is 42.0 Å². The van der Waals surface area contributed by atoms with Gasteiger partial charge in [-0.25, -0.2) is 4.39 Å². The molecule has 0 atom stereocenters. The molecular formula is C25H33FN2O3. The van der Waals surface area contributed by atoms with Gasteiger partial charge in [0, 0.05) is 38.8 Å². The maximum absolute atomic E-state index is 13.1. The summed E-state index contributed by atoms with van der Waals surface area (Å²) in [5.74, 6) is 0.999. The number of halogens is 1. The zero-order valence-corrected chi connectivity index (χ0v) is 19.0. The smallest absolute Gasteiger partial charge is 0.308 e. The quantitative estimate of drug-likeness (QED) is 0.348. The first-order valence-electron chi connectivity index (χ1n) is 11.0. The summed E-state index contributed by atoms with van der Waals surface area (Å²) in [7, 11) is 0. The number of piperazine rings is 1. The summed E-state index contributed by atoms with van der Waals surface area (Å²) < 4.78 is 24.5. The molecule has 0 N–H and O–H groups in total. The summed E-state index contributed by atoms with van der Waals surface area (Å²) in [5, 5.41) is 0. The molecule has 0 spiro atoms. The number of carbonyl (C=O) groups excluding carboxylic acids is 1. The van der Waals surface area contributed by atoms with Crippen molar-refractivity contribution in [3.63, 3.8) is 0 Å². The van der Waals surface area contributed by atoms with E-state index in [0.29, 0.717) is 12.4 Å². The van der Waals surface area contributed by atoms with E-state index in [1.807, 2.05) is 39.0 Å². The number of nitrogens with zero attached hydrogens (tertiary/aromatic N) is 2. The highest BCUT2D eigenvalue weighted by molar-refractivity contribution is 5.71. The Labute approximate surface area is 184 Å². The highest BCUT2D eigenvalue weighted by atomic mass is 19.1. The van der Waals surface area contributed by atoms with E-state index >= 15 is 0 Å². The van der Waals surface area contributed by atoms with Crippen LogP contribution in [0.15, 0.2) is 30.3 Å². The number of esters is 1. The Bertz CT molecular complexity index is 891. The van der Waals surface area contributed by atoms with Crippen LogP contribution < -0.4 is 14.4 Å². The molecule has 0 unspecified atom stereocenters. The van der Waals surface area contributed by atoms with Crippen LogP contribution in [0.2, 0.25) is 0 Å². The lowest BCUT2D eigenvalue weighted by Crippen LogP contribution is -2.46. The maximum Gasteiger partial charge on any atom is 0.308 e. The Balaban J connectivity index is 1.39. The molecule has 6 heteroatoms. The second kappa shape index (κ2) is 10.6. The first-order chi connectivity index (χ1) is 14.8. The van der Waals surface area contributed by atoms with Crippen LogP contribution in [0, 0.1) is 26.6 Å². The molecule has 31 heavy (non-hydrogen) atoms. The van der Waals surface area contributed by atoms with Gasteiger partial charge in [-0.3, -0.25) is 9.69 Å². The molecule has 3 rings (SSSR count). The van der Waals surface area contributed by atoms with Crippen LogP contribution in [0.4, 0.5) is 10.1 Å². The third-order valence-electron chi connectivity index (χ3n) is 5.91. The van der Waals surface area contributed by atoms with E-state index in [4.69, 9.17) is 9.47 Å². The average Bonchev–Trinajstić information content (AvgIpc) is 2.75. The maximum atomic E-state index is 13.1. The molecule has 1 heterocycles. The summed E-state index contributed by atoms with van der Waals surface area (Å²) in [6.07, 6.45) is 2.07. The van der Waals surface area contributed by atoms with E-state index in [9.17, 15) is 9.18 Å². The number of benzene rings is 2. The van der Waals surface area contributed by atoms with Gasteiger partial charge in [-0.2, -0.15) is 0 Å². The van der Waals surface area contributed by atoms with Crippen molar-refractivity contribution in [2.45, 2.75) is 40.5 Å². The summed E-state index contributed by atoms with van der Waals surface area (Å²) >= 11 is 0. The minimum atomic E-state index is -0.308. The number of carbonyl (C=O) groups is 1. The summed E-state index contributed by atoms with van der Waals surface area (Å²) in [6.45, 7) is 13.0. The van der Waals surface area contributed by atoms with Gasteiger partial charge in [0.1, 0.15) is 17.3 Å². The minimum Gasteiger partial charge on any atom is -0.493 e. The number of hydrogen-bond donors (Lipinski definition) is 0. The molecule has 2 aromatic carbocycles. The van der Waals surface area contributed by atoms with Crippen LogP contribution in [0.3, 0.4) is 0 Å². The monoisotopic (exact) mass is 428 g/mol. The second-order valence-corrected chi connectivity index (χ2v) is 8.23. The second-order valence-electron chi connectivity index (χ2n) is 8.23. The van der Waals surface area contributed by atoms with Crippen LogP contribution in [0.25, 0.3) is 0 Å². The fraction of sp³-hybridized carbons (Fsp3) is 0.480. The lowest BCUT2D eigenvalue weighted by atomic mass is 10.0. The summed E-state index contributed by atoms with van der Waals surface area (Å²) in [4.78, 5) is 16.1. The first-order valence-corrected chi connectivity index (χ1v) is 11.0. The van der Waals surface area contributed by atoms with Gasteiger partial charge >= 0.3 is 5.97 Å². The van der Waals surface area contributed by atoms with Crippen molar-refractivity contribution >= 4 is 11.7 Å². The Morgan fingerprint density at radius 2 is 1.68 bits per heavy atom. The molecule has 1 fully saturated rings. The van der Waals surface area contributed by atoms with Crippen molar-refractivity contribution < 1.29 is 18.7 Å². The summed E-state index contributed by atoms with van der Waals surface area (Å²) in [6, 6.07) is 8.71. The zero-order chi connectivity index (χ0) is 22.4. The Kier molecular flexibility index (Phi) is 7.91. The van der Waals surface area contributed by atoms with Crippen molar-refractivity contribution in [1.29, 1.82) is 0 Å². The fourth-order valence-corrected chi connectivity index (χ4v) is 3.97. The van der Waals surface area contributed by atoms with E-state index in [1.54, 1.807) is 0 Å². The van der Waals surface area contributed by atoms with Crippen molar-refractivity contribution in [2.75, 3.05) is 44.2 Å². The predicted octanol–water partition coefficient (Wildman–Crippen LogP) is 4.66. The Hall–Kier alpha value is -2.60. The molecule has 0 aliphatic carbocycles. The molecule has 0 aromatic heterocycles. The first kappa shape index (κ1) is 23.1. The minimum absolute atomic E-state index is 0.189.